The van der Waals surface area contributed by atoms with E-state index in [-0.39, 0.29) is 34.7 Å². The molecule has 0 radical (unpaired) electrons. The minimum absolute atomic E-state index is 0.129. The first-order valence-electron chi connectivity index (χ1n) is 4.87. The smallest absolute Gasteiger partial charge is 0.354 e. The SMILES string of the molecule is Cc1cc(N2C(=O)CSCC2=O)c(C(=O)O)[nH]1. The fourth-order valence-electron chi connectivity index (χ4n) is 1.68. The fraction of sp³-hybridized carbons (Fsp3) is 0.300. The van der Waals surface area contributed by atoms with Gasteiger partial charge in [0.2, 0.25) is 11.8 Å². The summed E-state index contributed by atoms with van der Waals surface area (Å²) in [7, 11) is 0. The van der Waals surface area contributed by atoms with Crippen LogP contribution in [0, 0.1) is 6.92 Å². The predicted molar refractivity (Wildman–Crippen MR) is 62.3 cm³/mol. The quantitative estimate of drug-likeness (QED) is 0.755. The van der Waals surface area contributed by atoms with Crippen LogP contribution in [0.25, 0.3) is 0 Å². The average Bonchev–Trinajstić information content (AvgIpc) is 2.60. The van der Waals surface area contributed by atoms with Gasteiger partial charge in [0.1, 0.15) is 5.69 Å². The molecular formula is C10H10N2O4S. The zero-order chi connectivity index (χ0) is 12.6. The molecule has 2 rings (SSSR count). The lowest BCUT2D eigenvalue weighted by atomic mass is 10.3. The van der Waals surface area contributed by atoms with E-state index in [4.69, 9.17) is 5.11 Å². The average molecular weight is 254 g/mol. The minimum atomic E-state index is -1.19. The first kappa shape index (κ1) is 11.7. The molecule has 17 heavy (non-hydrogen) atoms. The lowest BCUT2D eigenvalue weighted by Crippen LogP contribution is -2.43. The highest BCUT2D eigenvalue weighted by Crippen LogP contribution is 2.26. The lowest BCUT2D eigenvalue weighted by molar-refractivity contribution is -0.124. The van der Waals surface area contributed by atoms with Crippen molar-refractivity contribution in [3.8, 4) is 0 Å². The summed E-state index contributed by atoms with van der Waals surface area (Å²) in [5.41, 5.74) is 0.595. The summed E-state index contributed by atoms with van der Waals surface area (Å²) in [6, 6.07) is 1.50. The lowest BCUT2D eigenvalue weighted by Gasteiger charge is -2.23. The maximum Gasteiger partial charge on any atom is 0.354 e. The van der Waals surface area contributed by atoms with Gasteiger partial charge in [-0.3, -0.25) is 9.59 Å². The van der Waals surface area contributed by atoms with E-state index in [0.29, 0.717) is 5.69 Å². The summed E-state index contributed by atoms with van der Waals surface area (Å²) in [6.07, 6.45) is 0. The standard InChI is InChI=1S/C10H10N2O4S/c1-5-2-6(9(11-5)10(15)16)12-7(13)3-17-4-8(12)14/h2,11H,3-4H2,1H3,(H,15,16). The summed E-state index contributed by atoms with van der Waals surface area (Å²) in [5.74, 6) is -1.57. The molecule has 1 aromatic rings. The van der Waals surface area contributed by atoms with E-state index >= 15 is 0 Å². The van der Waals surface area contributed by atoms with Crippen molar-refractivity contribution in [3.63, 3.8) is 0 Å². The van der Waals surface area contributed by atoms with E-state index in [1.807, 2.05) is 0 Å². The third-order valence-corrected chi connectivity index (χ3v) is 3.24. The molecule has 1 aromatic heterocycles. The zero-order valence-corrected chi connectivity index (χ0v) is 9.84. The van der Waals surface area contributed by atoms with Crippen molar-refractivity contribution >= 4 is 35.2 Å². The molecule has 2 amide bonds. The summed E-state index contributed by atoms with van der Waals surface area (Å²) >= 11 is 1.23. The van der Waals surface area contributed by atoms with Crippen LogP contribution in [0.1, 0.15) is 16.2 Å². The van der Waals surface area contributed by atoms with Crippen LogP contribution in [0.5, 0.6) is 0 Å². The molecule has 0 unspecified atom stereocenters. The number of amides is 2. The molecule has 2 heterocycles. The van der Waals surface area contributed by atoms with Gasteiger partial charge in [-0.1, -0.05) is 0 Å². The number of carboxylic acid groups (broad SMARTS) is 1. The number of aryl methyl sites for hydroxylation is 1. The number of aromatic carboxylic acids is 1. The van der Waals surface area contributed by atoms with Crippen LogP contribution in [-0.4, -0.2) is 39.4 Å². The Morgan fingerprint density at radius 1 is 1.41 bits per heavy atom. The van der Waals surface area contributed by atoms with Crippen LogP contribution in [0.3, 0.4) is 0 Å². The van der Waals surface area contributed by atoms with Gasteiger partial charge in [-0.05, 0) is 13.0 Å². The van der Waals surface area contributed by atoms with E-state index in [1.54, 1.807) is 6.92 Å². The Bertz CT molecular complexity index is 492. The van der Waals surface area contributed by atoms with E-state index in [0.717, 1.165) is 4.90 Å². The molecule has 1 aliphatic rings. The molecule has 0 spiro atoms. The number of nitrogens with zero attached hydrogens (tertiary/aromatic N) is 1. The number of hydrogen-bond donors (Lipinski definition) is 2. The normalized spacial score (nSPS) is 16.4. The van der Waals surface area contributed by atoms with Gasteiger partial charge in [0.25, 0.3) is 0 Å². The van der Waals surface area contributed by atoms with E-state index in [1.165, 1.54) is 17.8 Å². The van der Waals surface area contributed by atoms with Gasteiger partial charge < -0.3 is 10.1 Å². The van der Waals surface area contributed by atoms with Crippen LogP contribution in [-0.2, 0) is 9.59 Å². The van der Waals surface area contributed by atoms with Gasteiger partial charge in [-0.25, -0.2) is 9.69 Å². The number of hydrogen-bond acceptors (Lipinski definition) is 4. The van der Waals surface area contributed by atoms with Crippen LogP contribution >= 0.6 is 11.8 Å². The second kappa shape index (κ2) is 4.25. The van der Waals surface area contributed by atoms with Crippen LogP contribution < -0.4 is 4.90 Å². The number of carboxylic acids is 1. The van der Waals surface area contributed by atoms with Crippen molar-refractivity contribution in [1.82, 2.24) is 4.98 Å². The van der Waals surface area contributed by atoms with Crippen molar-refractivity contribution in [2.45, 2.75) is 6.92 Å². The molecule has 1 saturated heterocycles. The Labute approximate surface area is 101 Å². The Balaban J connectivity index is 2.48. The van der Waals surface area contributed by atoms with Crippen molar-refractivity contribution in [2.24, 2.45) is 0 Å². The Hall–Kier alpha value is -1.76. The number of H-pyrrole nitrogens is 1. The molecule has 1 fully saturated rings. The fourth-order valence-corrected chi connectivity index (χ4v) is 2.39. The van der Waals surface area contributed by atoms with Crippen molar-refractivity contribution in [2.75, 3.05) is 16.4 Å². The second-order valence-corrected chi connectivity index (χ2v) is 4.62. The zero-order valence-electron chi connectivity index (χ0n) is 9.02. The van der Waals surface area contributed by atoms with Gasteiger partial charge in [0.15, 0.2) is 0 Å². The summed E-state index contributed by atoms with van der Waals surface area (Å²) in [5, 5.41) is 9.00. The highest BCUT2D eigenvalue weighted by Gasteiger charge is 2.31. The van der Waals surface area contributed by atoms with Crippen LogP contribution in [0.15, 0.2) is 6.07 Å². The largest absolute Gasteiger partial charge is 0.477 e. The molecule has 0 saturated carbocycles. The number of imide groups is 1. The molecular weight excluding hydrogens is 244 g/mol. The molecule has 0 atom stereocenters. The van der Waals surface area contributed by atoms with E-state index < -0.39 is 5.97 Å². The number of aromatic amines is 1. The molecule has 0 aromatic carbocycles. The topological polar surface area (TPSA) is 90.5 Å². The number of aromatic nitrogens is 1. The highest BCUT2D eigenvalue weighted by atomic mass is 32.2. The van der Waals surface area contributed by atoms with Crippen molar-refractivity contribution in [1.29, 1.82) is 0 Å². The Morgan fingerprint density at radius 2 is 2.00 bits per heavy atom. The molecule has 0 bridgehead atoms. The van der Waals surface area contributed by atoms with Gasteiger partial charge >= 0.3 is 5.97 Å². The number of nitrogens with one attached hydrogen (secondary N) is 1. The number of rotatable bonds is 2. The summed E-state index contributed by atoms with van der Waals surface area (Å²) in [6.45, 7) is 1.67. The van der Waals surface area contributed by atoms with Gasteiger partial charge in [-0.2, -0.15) is 0 Å². The number of anilines is 1. The monoisotopic (exact) mass is 254 g/mol. The summed E-state index contributed by atoms with van der Waals surface area (Å²) in [4.78, 5) is 37.9. The molecule has 0 aliphatic carbocycles. The second-order valence-electron chi connectivity index (χ2n) is 3.63. The molecule has 6 nitrogen and oxygen atoms in total. The minimum Gasteiger partial charge on any atom is -0.477 e. The van der Waals surface area contributed by atoms with Gasteiger partial charge in [0, 0.05) is 5.69 Å². The van der Waals surface area contributed by atoms with Gasteiger partial charge in [0.05, 0.1) is 17.2 Å². The van der Waals surface area contributed by atoms with Crippen LogP contribution in [0.4, 0.5) is 5.69 Å². The third-order valence-electron chi connectivity index (χ3n) is 2.34. The van der Waals surface area contributed by atoms with E-state index in [9.17, 15) is 14.4 Å². The molecule has 2 N–H and O–H groups in total. The van der Waals surface area contributed by atoms with Crippen molar-refractivity contribution in [3.05, 3.63) is 17.5 Å². The number of thioether (sulfide) groups is 1. The third kappa shape index (κ3) is 2.05. The first-order chi connectivity index (χ1) is 8.00. The molecule has 7 heteroatoms. The first-order valence-corrected chi connectivity index (χ1v) is 6.02. The highest BCUT2D eigenvalue weighted by molar-refractivity contribution is 8.00. The Kier molecular flexibility index (Phi) is 2.93. The Morgan fingerprint density at radius 3 is 2.53 bits per heavy atom. The maximum absolute atomic E-state index is 11.7. The van der Waals surface area contributed by atoms with Crippen molar-refractivity contribution < 1.29 is 19.5 Å². The number of carbonyl (C=O) groups is 3. The molecule has 1 aliphatic heterocycles. The van der Waals surface area contributed by atoms with E-state index in [2.05, 4.69) is 4.98 Å². The maximum atomic E-state index is 11.7. The van der Waals surface area contributed by atoms with Crippen LogP contribution in [0.2, 0.25) is 0 Å². The predicted octanol–water partition coefficient (Wildman–Crippen LogP) is 0.628. The summed E-state index contributed by atoms with van der Waals surface area (Å²) < 4.78 is 0. The van der Waals surface area contributed by atoms with Gasteiger partial charge in [-0.15, -0.1) is 11.8 Å². The molecule has 90 valence electrons. The number of carbonyl (C=O) groups excluding carboxylic acids is 2.